The molecule has 3 aromatic rings. The summed E-state index contributed by atoms with van der Waals surface area (Å²) in [5.41, 5.74) is 2.82. The van der Waals surface area contributed by atoms with Crippen LogP contribution in [0.3, 0.4) is 0 Å². The molecule has 0 saturated heterocycles. The van der Waals surface area contributed by atoms with Gasteiger partial charge in [-0.1, -0.05) is 17.7 Å². The minimum absolute atomic E-state index is 0.215. The average molecular weight is 271 g/mol. The van der Waals surface area contributed by atoms with Gasteiger partial charge in [0.1, 0.15) is 16.5 Å². The van der Waals surface area contributed by atoms with Crippen LogP contribution in [0.5, 0.6) is 0 Å². The van der Waals surface area contributed by atoms with E-state index in [4.69, 9.17) is 11.6 Å². The molecule has 0 saturated carbocycles. The lowest BCUT2D eigenvalue weighted by molar-refractivity contribution is 0.614. The van der Waals surface area contributed by atoms with E-state index >= 15 is 0 Å². The van der Waals surface area contributed by atoms with E-state index in [1.807, 2.05) is 24.4 Å². The molecule has 4 rings (SSSR count). The summed E-state index contributed by atoms with van der Waals surface area (Å²) in [7, 11) is 0. The van der Waals surface area contributed by atoms with Crippen LogP contribution in [0.4, 0.5) is 0 Å². The molecule has 0 bridgehead atoms. The number of halogens is 1. The minimum Gasteiger partial charge on any atom is -0.303 e. The quantitative estimate of drug-likeness (QED) is 0.639. The van der Waals surface area contributed by atoms with Gasteiger partial charge in [0, 0.05) is 12.6 Å². The first-order valence-corrected chi connectivity index (χ1v) is 6.65. The number of aromatic nitrogens is 4. The smallest absolute Gasteiger partial charge is 0.162 e. The van der Waals surface area contributed by atoms with Crippen LogP contribution in [0.2, 0.25) is 5.15 Å². The van der Waals surface area contributed by atoms with Crippen LogP contribution in [0.25, 0.3) is 11.2 Å². The van der Waals surface area contributed by atoms with E-state index in [9.17, 15) is 0 Å². The predicted molar refractivity (Wildman–Crippen MR) is 73.2 cm³/mol. The maximum Gasteiger partial charge on any atom is 0.162 e. The third kappa shape index (κ3) is 1.64. The summed E-state index contributed by atoms with van der Waals surface area (Å²) in [4.78, 5) is 13.5. The number of fused-ring (bicyclic) bond motifs is 3. The topological polar surface area (TPSA) is 43.6 Å². The highest BCUT2D eigenvalue weighted by Gasteiger charge is 2.28. The van der Waals surface area contributed by atoms with Gasteiger partial charge in [-0.15, -0.1) is 0 Å². The van der Waals surface area contributed by atoms with Gasteiger partial charge in [-0.2, -0.15) is 0 Å². The van der Waals surface area contributed by atoms with E-state index < -0.39 is 0 Å². The largest absolute Gasteiger partial charge is 0.303 e. The maximum atomic E-state index is 6.00. The summed E-state index contributed by atoms with van der Waals surface area (Å²) >= 11 is 6.00. The summed E-state index contributed by atoms with van der Waals surface area (Å²) in [5, 5.41) is 0.502. The summed E-state index contributed by atoms with van der Waals surface area (Å²) in [6.45, 7) is 0. The fourth-order valence-corrected chi connectivity index (χ4v) is 2.89. The van der Waals surface area contributed by atoms with Crippen LogP contribution in [0.1, 0.15) is 24.0 Å². The Balaban J connectivity index is 1.94. The van der Waals surface area contributed by atoms with E-state index in [1.165, 1.54) is 0 Å². The zero-order valence-corrected chi connectivity index (χ0v) is 10.9. The van der Waals surface area contributed by atoms with E-state index in [-0.39, 0.29) is 6.04 Å². The first kappa shape index (κ1) is 10.9. The predicted octanol–water partition coefficient (Wildman–Crippen LogP) is 3.02. The Labute approximate surface area is 115 Å². The van der Waals surface area contributed by atoms with Crippen molar-refractivity contribution < 1.29 is 0 Å². The molecule has 0 spiro atoms. The van der Waals surface area contributed by atoms with Crippen LogP contribution < -0.4 is 0 Å². The van der Waals surface area contributed by atoms with Crippen LogP contribution in [0.15, 0.2) is 36.5 Å². The first-order chi connectivity index (χ1) is 9.33. The van der Waals surface area contributed by atoms with Crippen molar-refractivity contribution in [2.75, 3.05) is 0 Å². The Kier molecular flexibility index (Phi) is 2.32. The zero-order chi connectivity index (χ0) is 12.8. The van der Waals surface area contributed by atoms with Gasteiger partial charge in [-0.3, -0.25) is 4.98 Å². The number of hydrogen-bond donors (Lipinski definition) is 0. The Bertz CT molecular complexity index is 751. The van der Waals surface area contributed by atoms with Gasteiger partial charge in [0.2, 0.25) is 0 Å². The van der Waals surface area contributed by atoms with Crippen LogP contribution >= 0.6 is 11.6 Å². The normalized spacial score (nSPS) is 17.8. The molecule has 19 heavy (non-hydrogen) atoms. The highest BCUT2D eigenvalue weighted by Crippen LogP contribution is 2.34. The van der Waals surface area contributed by atoms with Crippen LogP contribution in [0, 0.1) is 0 Å². The van der Waals surface area contributed by atoms with Crippen molar-refractivity contribution in [2.45, 2.75) is 18.9 Å². The SMILES string of the molecule is Clc1ccc2nc3n(c2n1)C(c1ccccn1)CC3. The molecule has 94 valence electrons. The van der Waals surface area contributed by atoms with Gasteiger partial charge in [-0.05, 0) is 30.7 Å². The Morgan fingerprint density at radius 2 is 2.11 bits per heavy atom. The number of imidazole rings is 1. The van der Waals surface area contributed by atoms with Crippen molar-refractivity contribution in [2.24, 2.45) is 0 Å². The van der Waals surface area contributed by atoms with Crippen molar-refractivity contribution in [3.8, 4) is 0 Å². The highest BCUT2D eigenvalue weighted by atomic mass is 35.5. The molecule has 1 aliphatic heterocycles. The molecule has 1 unspecified atom stereocenters. The fourth-order valence-electron chi connectivity index (χ4n) is 2.75. The molecule has 0 aromatic carbocycles. The van der Waals surface area contributed by atoms with Gasteiger partial charge in [-0.25, -0.2) is 9.97 Å². The van der Waals surface area contributed by atoms with E-state index in [2.05, 4.69) is 25.6 Å². The van der Waals surface area contributed by atoms with Crippen molar-refractivity contribution in [3.63, 3.8) is 0 Å². The van der Waals surface area contributed by atoms with Crippen LogP contribution in [-0.4, -0.2) is 19.5 Å². The number of nitrogens with zero attached hydrogens (tertiary/aromatic N) is 4. The van der Waals surface area contributed by atoms with Crippen molar-refractivity contribution in [3.05, 3.63) is 53.2 Å². The Morgan fingerprint density at radius 3 is 2.95 bits per heavy atom. The van der Waals surface area contributed by atoms with Gasteiger partial charge in [0.25, 0.3) is 0 Å². The van der Waals surface area contributed by atoms with Crippen LogP contribution in [-0.2, 0) is 6.42 Å². The molecule has 1 aliphatic rings. The second kappa shape index (κ2) is 4.03. The third-order valence-corrected chi connectivity index (χ3v) is 3.77. The molecule has 0 radical (unpaired) electrons. The molecule has 4 heterocycles. The van der Waals surface area contributed by atoms with Gasteiger partial charge < -0.3 is 4.57 Å². The molecule has 1 atom stereocenters. The Morgan fingerprint density at radius 1 is 1.16 bits per heavy atom. The lowest BCUT2D eigenvalue weighted by Gasteiger charge is -2.12. The molecule has 0 amide bonds. The maximum absolute atomic E-state index is 6.00. The molecular formula is C14H11ClN4. The van der Waals surface area contributed by atoms with Gasteiger partial charge >= 0.3 is 0 Å². The lowest BCUT2D eigenvalue weighted by Crippen LogP contribution is -2.07. The van der Waals surface area contributed by atoms with Gasteiger partial charge in [0.15, 0.2) is 5.65 Å². The highest BCUT2D eigenvalue weighted by molar-refractivity contribution is 6.29. The molecule has 0 aliphatic carbocycles. The summed E-state index contributed by atoms with van der Waals surface area (Å²) in [6.07, 6.45) is 3.80. The van der Waals surface area contributed by atoms with Crippen molar-refractivity contribution in [1.82, 2.24) is 19.5 Å². The second-order valence-electron chi connectivity index (χ2n) is 4.68. The molecular weight excluding hydrogens is 260 g/mol. The number of pyridine rings is 2. The molecule has 4 nitrogen and oxygen atoms in total. The third-order valence-electron chi connectivity index (χ3n) is 3.56. The monoisotopic (exact) mass is 270 g/mol. The summed E-state index contributed by atoms with van der Waals surface area (Å²) < 4.78 is 2.17. The molecule has 0 N–H and O–H groups in total. The van der Waals surface area contributed by atoms with E-state index in [0.717, 1.165) is 35.5 Å². The Hall–Kier alpha value is -1.94. The fraction of sp³-hybridized carbons (Fsp3) is 0.214. The molecule has 3 aromatic heterocycles. The van der Waals surface area contributed by atoms with E-state index in [1.54, 1.807) is 6.07 Å². The molecule has 5 heteroatoms. The average Bonchev–Trinajstić information content (AvgIpc) is 2.99. The molecule has 0 fully saturated rings. The van der Waals surface area contributed by atoms with Gasteiger partial charge in [0.05, 0.1) is 11.7 Å². The minimum atomic E-state index is 0.215. The number of aryl methyl sites for hydroxylation is 1. The van der Waals surface area contributed by atoms with Crippen molar-refractivity contribution in [1.29, 1.82) is 0 Å². The lowest BCUT2D eigenvalue weighted by atomic mass is 10.1. The van der Waals surface area contributed by atoms with E-state index in [0.29, 0.717) is 5.15 Å². The zero-order valence-electron chi connectivity index (χ0n) is 10.1. The summed E-state index contributed by atoms with van der Waals surface area (Å²) in [6, 6.07) is 9.91. The summed E-state index contributed by atoms with van der Waals surface area (Å²) in [5.74, 6) is 1.07. The van der Waals surface area contributed by atoms with Crippen molar-refractivity contribution >= 4 is 22.8 Å². The standard InChI is InChI=1S/C14H11ClN4/c15-12-6-4-10-14(18-12)19-11(5-7-13(19)17-10)9-3-1-2-8-16-9/h1-4,6,8,11H,5,7H2. The number of hydrogen-bond acceptors (Lipinski definition) is 3. The second-order valence-corrected chi connectivity index (χ2v) is 5.07. The number of rotatable bonds is 1. The first-order valence-electron chi connectivity index (χ1n) is 6.27.